The molecule has 0 saturated carbocycles. The van der Waals surface area contributed by atoms with E-state index in [9.17, 15) is 4.79 Å². The van der Waals surface area contributed by atoms with Crippen LogP contribution in [0.2, 0.25) is 0 Å². The smallest absolute Gasteiger partial charge is 0.221 e. The minimum absolute atomic E-state index is 0.193. The first kappa shape index (κ1) is 17.9. The lowest BCUT2D eigenvalue weighted by molar-refractivity contribution is -0.121. The molecule has 0 spiro atoms. The van der Waals surface area contributed by atoms with E-state index in [1.807, 2.05) is 23.9 Å². The van der Waals surface area contributed by atoms with Crippen molar-refractivity contribution < 1.29 is 4.79 Å². The Morgan fingerprint density at radius 3 is 2.32 bits per heavy atom. The second-order valence-corrected chi connectivity index (χ2v) is 7.56. The van der Waals surface area contributed by atoms with Gasteiger partial charge in [-0.25, -0.2) is 0 Å². The molecule has 0 bridgehead atoms. The highest BCUT2D eigenvalue weighted by Crippen LogP contribution is 2.19. The Bertz CT molecular complexity index is 639. The number of rotatable bonds is 7. The lowest BCUT2D eigenvalue weighted by atomic mass is 10.0. The van der Waals surface area contributed by atoms with Gasteiger partial charge in [-0.05, 0) is 30.5 Å². The number of hydrogen-bond acceptors (Lipinski definition) is 3. The third-order valence-corrected chi connectivity index (χ3v) is 5.60. The molecule has 3 rings (SSSR count). The topological polar surface area (TPSA) is 32.3 Å². The maximum absolute atomic E-state index is 12.1. The molecule has 25 heavy (non-hydrogen) atoms. The molecule has 0 atom stereocenters. The first-order valence-corrected chi connectivity index (χ1v) is 10.2. The summed E-state index contributed by atoms with van der Waals surface area (Å²) in [4.78, 5) is 14.5. The van der Waals surface area contributed by atoms with Gasteiger partial charge in [0.25, 0.3) is 0 Å². The van der Waals surface area contributed by atoms with Crippen molar-refractivity contribution in [3.8, 4) is 0 Å². The second-order valence-electron chi connectivity index (χ2n) is 6.45. The largest absolute Gasteiger partial charge is 0.371 e. The quantitative estimate of drug-likeness (QED) is 0.760. The Balaban J connectivity index is 1.31. The average molecular weight is 355 g/mol. The number of carbonyl (C=O) groups is 1. The van der Waals surface area contributed by atoms with Crippen LogP contribution >= 0.6 is 11.8 Å². The number of thioether (sulfide) groups is 1. The van der Waals surface area contributed by atoms with Crippen molar-refractivity contribution in [2.75, 3.05) is 23.7 Å². The van der Waals surface area contributed by atoms with E-state index in [4.69, 9.17) is 0 Å². The van der Waals surface area contributed by atoms with Gasteiger partial charge in [-0.2, -0.15) is 11.8 Å². The fourth-order valence-electron chi connectivity index (χ4n) is 3.15. The number of piperidine rings is 1. The number of nitrogens with one attached hydrogen (secondary N) is 1. The zero-order valence-corrected chi connectivity index (χ0v) is 15.4. The number of carbonyl (C=O) groups excluding carboxylic acids is 1. The van der Waals surface area contributed by atoms with Crippen LogP contribution in [0.15, 0.2) is 60.7 Å². The maximum atomic E-state index is 12.1. The van der Waals surface area contributed by atoms with Crippen molar-refractivity contribution in [1.29, 1.82) is 0 Å². The Morgan fingerprint density at radius 2 is 1.64 bits per heavy atom. The molecule has 0 aliphatic carbocycles. The highest BCUT2D eigenvalue weighted by atomic mass is 32.2. The monoisotopic (exact) mass is 354 g/mol. The van der Waals surface area contributed by atoms with Gasteiger partial charge >= 0.3 is 0 Å². The van der Waals surface area contributed by atoms with Crippen LogP contribution in [0.3, 0.4) is 0 Å². The molecular weight excluding hydrogens is 328 g/mol. The number of benzene rings is 2. The zero-order valence-electron chi connectivity index (χ0n) is 14.6. The highest BCUT2D eigenvalue weighted by molar-refractivity contribution is 7.98. The lowest BCUT2D eigenvalue weighted by Crippen LogP contribution is -2.44. The molecule has 1 fully saturated rings. The van der Waals surface area contributed by atoms with Crippen molar-refractivity contribution in [1.82, 2.24) is 5.32 Å². The summed E-state index contributed by atoms with van der Waals surface area (Å²) < 4.78 is 0. The number of amides is 1. The Hall–Kier alpha value is -1.94. The molecule has 2 aromatic carbocycles. The molecule has 1 N–H and O–H groups in total. The lowest BCUT2D eigenvalue weighted by Gasteiger charge is -2.34. The van der Waals surface area contributed by atoms with Crippen molar-refractivity contribution in [3.05, 3.63) is 66.2 Å². The third kappa shape index (κ3) is 5.82. The molecule has 0 radical (unpaired) electrons. The summed E-state index contributed by atoms with van der Waals surface area (Å²) in [5.41, 5.74) is 2.60. The summed E-state index contributed by atoms with van der Waals surface area (Å²) in [6, 6.07) is 21.3. The van der Waals surface area contributed by atoms with Crippen molar-refractivity contribution >= 4 is 23.4 Å². The molecule has 3 nitrogen and oxygen atoms in total. The van der Waals surface area contributed by atoms with Gasteiger partial charge in [0.2, 0.25) is 5.91 Å². The van der Waals surface area contributed by atoms with Gasteiger partial charge in [0.15, 0.2) is 0 Å². The molecule has 1 aliphatic heterocycles. The summed E-state index contributed by atoms with van der Waals surface area (Å²) in [7, 11) is 0. The first-order valence-electron chi connectivity index (χ1n) is 9.02. The van der Waals surface area contributed by atoms with Gasteiger partial charge in [0.1, 0.15) is 0 Å². The first-order chi connectivity index (χ1) is 12.3. The van der Waals surface area contributed by atoms with Crippen molar-refractivity contribution in [2.24, 2.45) is 0 Å². The number of anilines is 1. The van der Waals surface area contributed by atoms with E-state index in [1.54, 1.807) is 0 Å². The van der Waals surface area contributed by atoms with Crippen LogP contribution in [0.4, 0.5) is 5.69 Å². The van der Waals surface area contributed by atoms with Crippen LogP contribution in [0.1, 0.15) is 24.8 Å². The van der Waals surface area contributed by atoms with Crippen LogP contribution in [0.5, 0.6) is 0 Å². The Labute approximate surface area is 154 Å². The van der Waals surface area contributed by atoms with Crippen molar-refractivity contribution in [2.45, 2.75) is 31.1 Å². The molecule has 0 aromatic heterocycles. The standard InChI is InChI=1S/C21H26N2OS/c24-21(13-16-25-17-18-7-3-1-4-8-18)22-19-11-14-23(15-12-19)20-9-5-2-6-10-20/h1-10,19H,11-17H2,(H,22,24). The zero-order chi connectivity index (χ0) is 17.3. The summed E-state index contributed by atoms with van der Waals surface area (Å²) >= 11 is 1.83. The third-order valence-electron chi connectivity index (χ3n) is 4.57. The molecule has 4 heteroatoms. The van der Waals surface area contributed by atoms with E-state index in [0.29, 0.717) is 12.5 Å². The van der Waals surface area contributed by atoms with Gasteiger partial charge in [0.05, 0.1) is 0 Å². The molecule has 1 aliphatic rings. The van der Waals surface area contributed by atoms with E-state index in [1.165, 1.54) is 11.3 Å². The van der Waals surface area contributed by atoms with Gasteiger partial charge in [0, 0.05) is 42.7 Å². The van der Waals surface area contributed by atoms with Gasteiger partial charge in [-0.15, -0.1) is 0 Å². The second kappa shape index (κ2) is 9.52. The molecule has 1 saturated heterocycles. The molecule has 2 aromatic rings. The van der Waals surface area contributed by atoms with E-state index in [2.05, 4.69) is 58.7 Å². The van der Waals surface area contributed by atoms with E-state index >= 15 is 0 Å². The van der Waals surface area contributed by atoms with Crippen LogP contribution < -0.4 is 10.2 Å². The summed E-state index contributed by atoms with van der Waals surface area (Å²) in [6.07, 6.45) is 2.66. The highest BCUT2D eigenvalue weighted by Gasteiger charge is 2.20. The predicted octanol–water partition coefficient (Wildman–Crippen LogP) is 4.10. The van der Waals surface area contributed by atoms with Gasteiger partial charge < -0.3 is 10.2 Å². The summed E-state index contributed by atoms with van der Waals surface area (Å²) in [5, 5.41) is 3.21. The minimum Gasteiger partial charge on any atom is -0.371 e. The number of para-hydroxylation sites is 1. The van der Waals surface area contributed by atoms with Crippen LogP contribution in [0.25, 0.3) is 0 Å². The fourth-order valence-corrected chi connectivity index (χ4v) is 4.05. The van der Waals surface area contributed by atoms with E-state index < -0.39 is 0 Å². The molecule has 0 unspecified atom stereocenters. The number of hydrogen-bond donors (Lipinski definition) is 1. The minimum atomic E-state index is 0.193. The van der Waals surface area contributed by atoms with Crippen LogP contribution in [-0.2, 0) is 10.5 Å². The Kier molecular flexibility index (Phi) is 6.80. The van der Waals surface area contributed by atoms with Gasteiger partial charge in [-0.1, -0.05) is 48.5 Å². The maximum Gasteiger partial charge on any atom is 0.221 e. The van der Waals surface area contributed by atoms with E-state index in [0.717, 1.165) is 37.4 Å². The van der Waals surface area contributed by atoms with Crippen molar-refractivity contribution in [3.63, 3.8) is 0 Å². The Morgan fingerprint density at radius 1 is 1.00 bits per heavy atom. The summed E-state index contributed by atoms with van der Waals surface area (Å²) in [5.74, 6) is 2.05. The molecule has 1 amide bonds. The average Bonchev–Trinajstić information content (AvgIpc) is 2.67. The predicted molar refractivity (Wildman–Crippen MR) is 107 cm³/mol. The normalized spacial score (nSPS) is 15.1. The van der Waals surface area contributed by atoms with Crippen LogP contribution in [0, 0.1) is 0 Å². The SMILES string of the molecule is O=C(CCSCc1ccccc1)NC1CCN(c2ccccc2)CC1. The molecule has 132 valence electrons. The van der Waals surface area contributed by atoms with Crippen LogP contribution in [-0.4, -0.2) is 30.8 Å². The molecule has 1 heterocycles. The van der Waals surface area contributed by atoms with Gasteiger partial charge in [-0.3, -0.25) is 4.79 Å². The van der Waals surface area contributed by atoms with E-state index in [-0.39, 0.29) is 5.91 Å². The number of nitrogens with zero attached hydrogens (tertiary/aromatic N) is 1. The fraction of sp³-hybridized carbons (Fsp3) is 0.381. The molecular formula is C21H26N2OS. The summed E-state index contributed by atoms with van der Waals surface area (Å²) in [6.45, 7) is 2.02.